The van der Waals surface area contributed by atoms with Crippen molar-refractivity contribution < 1.29 is 19.0 Å². The summed E-state index contributed by atoms with van der Waals surface area (Å²) in [6.07, 6.45) is 0. The Morgan fingerprint density at radius 3 is 2.28 bits per heavy atom. The highest BCUT2D eigenvalue weighted by Crippen LogP contribution is 2.24. The van der Waals surface area contributed by atoms with Gasteiger partial charge in [0.2, 0.25) is 0 Å². The van der Waals surface area contributed by atoms with Crippen molar-refractivity contribution in [1.29, 1.82) is 0 Å². The van der Waals surface area contributed by atoms with Crippen LogP contribution >= 0.6 is 0 Å². The molecule has 150 valence electrons. The molecule has 0 aliphatic carbocycles. The van der Waals surface area contributed by atoms with Crippen LogP contribution in [-0.2, 0) is 4.79 Å². The molecule has 3 aromatic rings. The topological polar surface area (TPSA) is 56.8 Å². The van der Waals surface area contributed by atoms with Gasteiger partial charge in [-0.2, -0.15) is 0 Å². The number of carbonyl (C=O) groups excluding carboxylic acids is 1. The number of aryl methyl sites for hydroxylation is 2. The highest BCUT2D eigenvalue weighted by Gasteiger charge is 2.09. The first kappa shape index (κ1) is 20.3. The Labute approximate surface area is 171 Å². The van der Waals surface area contributed by atoms with Crippen LogP contribution in [0.4, 0.5) is 5.69 Å². The summed E-state index contributed by atoms with van der Waals surface area (Å²) in [5, 5.41) is 2.84. The molecular formula is C24H25NO4. The van der Waals surface area contributed by atoms with Gasteiger partial charge in [0.1, 0.15) is 30.5 Å². The first-order chi connectivity index (χ1) is 14.1. The maximum atomic E-state index is 12.3. The van der Waals surface area contributed by atoms with E-state index in [1.807, 2.05) is 80.6 Å². The quantitative estimate of drug-likeness (QED) is 0.534. The van der Waals surface area contributed by atoms with Crippen molar-refractivity contribution in [3.05, 3.63) is 83.9 Å². The van der Waals surface area contributed by atoms with Crippen molar-refractivity contribution in [3.8, 4) is 17.2 Å². The maximum Gasteiger partial charge on any atom is 0.262 e. The molecule has 0 fully saturated rings. The number of amides is 1. The van der Waals surface area contributed by atoms with Gasteiger partial charge in [0, 0.05) is 0 Å². The monoisotopic (exact) mass is 391 g/mol. The third kappa shape index (κ3) is 6.28. The molecule has 0 saturated carbocycles. The molecule has 0 aromatic heterocycles. The van der Waals surface area contributed by atoms with Gasteiger partial charge in [-0.3, -0.25) is 4.79 Å². The van der Waals surface area contributed by atoms with Crippen molar-refractivity contribution in [3.63, 3.8) is 0 Å². The summed E-state index contributed by atoms with van der Waals surface area (Å²) in [6, 6.07) is 22.6. The lowest BCUT2D eigenvalue weighted by Crippen LogP contribution is -2.21. The maximum absolute atomic E-state index is 12.3. The first-order valence-corrected chi connectivity index (χ1v) is 9.51. The number of anilines is 1. The van der Waals surface area contributed by atoms with Gasteiger partial charge >= 0.3 is 0 Å². The van der Waals surface area contributed by atoms with Gasteiger partial charge in [-0.1, -0.05) is 36.4 Å². The molecular weight excluding hydrogens is 366 g/mol. The van der Waals surface area contributed by atoms with Crippen molar-refractivity contribution in [1.82, 2.24) is 0 Å². The SMILES string of the molecule is Cc1ccc(OCC(=O)Nc2ccccc2OCCOc2ccccc2)cc1C. The third-order valence-electron chi connectivity index (χ3n) is 4.36. The normalized spacial score (nSPS) is 10.3. The van der Waals surface area contributed by atoms with Crippen LogP contribution in [0.15, 0.2) is 72.8 Å². The number of hydrogen-bond donors (Lipinski definition) is 1. The summed E-state index contributed by atoms with van der Waals surface area (Å²) in [5.41, 5.74) is 2.91. The van der Waals surface area contributed by atoms with Crippen LogP contribution in [0.25, 0.3) is 0 Å². The zero-order valence-electron chi connectivity index (χ0n) is 16.7. The van der Waals surface area contributed by atoms with E-state index in [9.17, 15) is 4.79 Å². The second kappa shape index (κ2) is 10.2. The Hall–Kier alpha value is -3.47. The zero-order chi connectivity index (χ0) is 20.5. The Morgan fingerprint density at radius 2 is 1.48 bits per heavy atom. The highest BCUT2D eigenvalue weighted by molar-refractivity contribution is 5.93. The van der Waals surface area contributed by atoms with Crippen LogP contribution in [0.2, 0.25) is 0 Å². The third-order valence-corrected chi connectivity index (χ3v) is 4.36. The largest absolute Gasteiger partial charge is 0.490 e. The molecule has 0 spiro atoms. The minimum atomic E-state index is -0.250. The molecule has 0 aliphatic rings. The lowest BCUT2D eigenvalue weighted by atomic mass is 10.1. The number of nitrogens with one attached hydrogen (secondary N) is 1. The molecule has 5 nitrogen and oxygen atoms in total. The number of ether oxygens (including phenoxy) is 3. The smallest absolute Gasteiger partial charge is 0.262 e. The summed E-state index contributed by atoms with van der Waals surface area (Å²) in [7, 11) is 0. The summed E-state index contributed by atoms with van der Waals surface area (Å²) >= 11 is 0. The second-order valence-corrected chi connectivity index (χ2v) is 6.59. The van der Waals surface area contributed by atoms with Crippen molar-refractivity contribution in [2.75, 3.05) is 25.1 Å². The number of para-hydroxylation sites is 3. The number of rotatable bonds is 9. The van der Waals surface area contributed by atoms with E-state index in [-0.39, 0.29) is 12.5 Å². The molecule has 3 rings (SSSR count). The van der Waals surface area contributed by atoms with E-state index in [2.05, 4.69) is 5.32 Å². The van der Waals surface area contributed by atoms with Gasteiger partial charge in [0.25, 0.3) is 5.91 Å². The van der Waals surface area contributed by atoms with Crippen molar-refractivity contribution in [2.24, 2.45) is 0 Å². The van der Waals surface area contributed by atoms with E-state index in [1.165, 1.54) is 5.56 Å². The van der Waals surface area contributed by atoms with Crippen molar-refractivity contribution in [2.45, 2.75) is 13.8 Å². The molecule has 1 amide bonds. The average Bonchev–Trinajstić information content (AvgIpc) is 2.74. The van der Waals surface area contributed by atoms with E-state index in [0.29, 0.717) is 30.4 Å². The lowest BCUT2D eigenvalue weighted by Gasteiger charge is -2.13. The number of hydrogen-bond acceptors (Lipinski definition) is 4. The van der Waals surface area contributed by atoms with Gasteiger partial charge in [-0.05, 0) is 61.4 Å². The first-order valence-electron chi connectivity index (χ1n) is 9.51. The van der Waals surface area contributed by atoms with Gasteiger partial charge in [-0.25, -0.2) is 0 Å². The predicted molar refractivity (Wildman–Crippen MR) is 114 cm³/mol. The molecule has 0 bridgehead atoms. The minimum Gasteiger partial charge on any atom is -0.490 e. The highest BCUT2D eigenvalue weighted by atomic mass is 16.5. The van der Waals surface area contributed by atoms with Crippen LogP contribution in [0.3, 0.4) is 0 Å². The number of benzene rings is 3. The molecule has 29 heavy (non-hydrogen) atoms. The number of carbonyl (C=O) groups is 1. The Kier molecular flexibility index (Phi) is 7.11. The Morgan fingerprint density at radius 1 is 0.759 bits per heavy atom. The van der Waals surface area contributed by atoms with Gasteiger partial charge in [0.05, 0.1) is 5.69 Å². The molecule has 1 N–H and O–H groups in total. The van der Waals surface area contributed by atoms with Gasteiger partial charge in [0.15, 0.2) is 6.61 Å². The zero-order valence-corrected chi connectivity index (χ0v) is 16.7. The summed E-state index contributed by atoms with van der Waals surface area (Å²) < 4.78 is 17.0. The van der Waals surface area contributed by atoms with E-state index in [1.54, 1.807) is 6.07 Å². The molecule has 3 aromatic carbocycles. The van der Waals surface area contributed by atoms with E-state index in [4.69, 9.17) is 14.2 Å². The standard InChI is InChI=1S/C24H25NO4/c1-18-12-13-21(16-19(18)2)29-17-24(26)25-22-10-6-7-11-23(22)28-15-14-27-20-8-4-3-5-9-20/h3-13,16H,14-15,17H2,1-2H3,(H,25,26). The van der Waals surface area contributed by atoms with E-state index >= 15 is 0 Å². The summed E-state index contributed by atoms with van der Waals surface area (Å²) in [5.74, 6) is 1.80. The van der Waals surface area contributed by atoms with E-state index < -0.39 is 0 Å². The molecule has 0 atom stereocenters. The van der Waals surface area contributed by atoms with E-state index in [0.717, 1.165) is 11.3 Å². The lowest BCUT2D eigenvalue weighted by molar-refractivity contribution is -0.118. The van der Waals surface area contributed by atoms with Crippen LogP contribution < -0.4 is 19.5 Å². The molecule has 0 heterocycles. The van der Waals surface area contributed by atoms with Crippen LogP contribution in [-0.4, -0.2) is 25.7 Å². The molecule has 0 unspecified atom stereocenters. The molecule has 0 radical (unpaired) electrons. The predicted octanol–water partition coefficient (Wildman–Crippen LogP) is 4.78. The van der Waals surface area contributed by atoms with Crippen molar-refractivity contribution >= 4 is 11.6 Å². The fourth-order valence-corrected chi connectivity index (χ4v) is 2.66. The van der Waals surface area contributed by atoms with Crippen LogP contribution in [0.1, 0.15) is 11.1 Å². The fraction of sp³-hybridized carbons (Fsp3) is 0.208. The van der Waals surface area contributed by atoms with Gasteiger partial charge in [-0.15, -0.1) is 0 Å². The average molecular weight is 391 g/mol. The van der Waals surface area contributed by atoms with Gasteiger partial charge < -0.3 is 19.5 Å². The summed E-state index contributed by atoms with van der Waals surface area (Å²) in [4.78, 5) is 12.3. The second-order valence-electron chi connectivity index (χ2n) is 6.59. The Balaban J connectivity index is 1.48. The van der Waals surface area contributed by atoms with Crippen LogP contribution in [0.5, 0.6) is 17.2 Å². The molecule has 0 aliphatic heterocycles. The molecule has 0 saturated heterocycles. The van der Waals surface area contributed by atoms with Crippen LogP contribution in [0, 0.1) is 13.8 Å². The minimum absolute atomic E-state index is 0.0754. The Bertz CT molecular complexity index is 941. The molecule has 5 heteroatoms. The fourth-order valence-electron chi connectivity index (χ4n) is 2.66. The summed E-state index contributed by atoms with van der Waals surface area (Å²) in [6.45, 7) is 4.74.